The van der Waals surface area contributed by atoms with Crippen LogP contribution in [-0.4, -0.2) is 28.2 Å². The molecule has 124 valence electrons. The first-order valence-corrected chi connectivity index (χ1v) is 8.16. The van der Waals surface area contributed by atoms with Crippen LogP contribution in [0.15, 0.2) is 36.7 Å². The Balaban J connectivity index is 1.73. The number of halogens is 1. The molecule has 0 unspecified atom stereocenters. The van der Waals surface area contributed by atoms with Gasteiger partial charge in [0.1, 0.15) is 0 Å². The van der Waals surface area contributed by atoms with E-state index in [1.807, 2.05) is 12.1 Å². The van der Waals surface area contributed by atoms with E-state index in [-0.39, 0.29) is 11.8 Å². The number of carbonyl (C=O) groups is 2. The number of pyridine rings is 1. The molecule has 0 fully saturated rings. The predicted molar refractivity (Wildman–Crippen MR) is 91.7 cm³/mol. The molecule has 1 aromatic heterocycles. The highest BCUT2D eigenvalue weighted by molar-refractivity contribution is 6.30. The molecule has 0 saturated carbocycles. The number of benzene rings is 1. The Kier molecular flexibility index (Phi) is 4.81. The van der Waals surface area contributed by atoms with E-state index in [2.05, 4.69) is 10.3 Å². The molecule has 1 aliphatic heterocycles. The van der Waals surface area contributed by atoms with Crippen molar-refractivity contribution in [1.82, 2.24) is 15.2 Å². The standard InChI is InChI=1S/C18H18ClN3O2/c1-12(23)22-7-6-16-14(11-22)9-20-10-17(16)18(24)21-8-13-2-4-15(19)5-3-13/h2-5,9-10H,6-8,11H2,1H3,(H,21,24). The zero-order chi connectivity index (χ0) is 17.1. The van der Waals surface area contributed by atoms with Crippen molar-refractivity contribution in [3.05, 3.63) is 63.9 Å². The van der Waals surface area contributed by atoms with Crippen molar-refractivity contribution in [3.8, 4) is 0 Å². The fourth-order valence-electron chi connectivity index (χ4n) is 2.84. The number of nitrogens with zero attached hydrogens (tertiary/aromatic N) is 2. The van der Waals surface area contributed by atoms with E-state index in [0.717, 1.165) is 16.7 Å². The molecule has 1 aromatic carbocycles. The fraction of sp³-hybridized carbons (Fsp3) is 0.278. The zero-order valence-corrected chi connectivity index (χ0v) is 14.1. The molecule has 0 bridgehead atoms. The number of nitrogens with one attached hydrogen (secondary N) is 1. The van der Waals surface area contributed by atoms with Crippen LogP contribution in [-0.2, 0) is 24.3 Å². The van der Waals surface area contributed by atoms with Gasteiger partial charge < -0.3 is 10.2 Å². The van der Waals surface area contributed by atoms with E-state index in [0.29, 0.717) is 36.6 Å². The summed E-state index contributed by atoms with van der Waals surface area (Å²) in [6.07, 6.45) is 4.00. The van der Waals surface area contributed by atoms with Crippen LogP contribution in [0.1, 0.15) is 34.0 Å². The van der Waals surface area contributed by atoms with Crippen molar-refractivity contribution in [3.63, 3.8) is 0 Å². The lowest BCUT2D eigenvalue weighted by Gasteiger charge is -2.28. The first-order chi connectivity index (χ1) is 11.5. The maximum atomic E-state index is 12.5. The lowest BCUT2D eigenvalue weighted by molar-refractivity contribution is -0.129. The second-order valence-corrected chi connectivity index (χ2v) is 6.26. The quantitative estimate of drug-likeness (QED) is 0.931. The number of aromatic nitrogens is 1. The van der Waals surface area contributed by atoms with Gasteiger partial charge >= 0.3 is 0 Å². The molecule has 0 atom stereocenters. The summed E-state index contributed by atoms with van der Waals surface area (Å²) in [5.74, 6) is -0.108. The highest BCUT2D eigenvalue weighted by atomic mass is 35.5. The summed E-state index contributed by atoms with van der Waals surface area (Å²) in [6, 6.07) is 7.36. The summed E-state index contributed by atoms with van der Waals surface area (Å²) in [4.78, 5) is 30.0. The summed E-state index contributed by atoms with van der Waals surface area (Å²) >= 11 is 5.86. The molecule has 1 N–H and O–H groups in total. The normalized spacial score (nSPS) is 13.3. The van der Waals surface area contributed by atoms with Crippen LogP contribution in [0, 0.1) is 0 Å². The Hall–Kier alpha value is -2.40. The molecule has 0 spiro atoms. The molecule has 0 saturated heterocycles. The van der Waals surface area contributed by atoms with E-state index >= 15 is 0 Å². The van der Waals surface area contributed by atoms with Crippen molar-refractivity contribution in [2.75, 3.05) is 6.54 Å². The number of hydrogen-bond acceptors (Lipinski definition) is 3. The molecule has 2 aromatic rings. The van der Waals surface area contributed by atoms with Gasteiger partial charge in [-0.1, -0.05) is 23.7 Å². The van der Waals surface area contributed by atoms with E-state index in [9.17, 15) is 9.59 Å². The number of rotatable bonds is 3. The Morgan fingerprint density at radius 3 is 2.71 bits per heavy atom. The number of hydrogen-bond donors (Lipinski definition) is 1. The molecular weight excluding hydrogens is 326 g/mol. The lowest BCUT2D eigenvalue weighted by atomic mass is 9.96. The molecular formula is C18H18ClN3O2. The van der Waals surface area contributed by atoms with Crippen molar-refractivity contribution >= 4 is 23.4 Å². The van der Waals surface area contributed by atoms with Crippen molar-refractivity contribution in [2.24, 2.45) is 0 Å². The van der Waals surface area contributed by atoms with Gasteiger partial charge in [0.05, 0.1) is 5.56 Å². The molecule has 1 aliphatic rings. The average Bonchev–Trinajstić information content (AvgIpc) is 2.60. The molecule has 0 radical (unpaired) electrons. The van der Waals surface area contributed by atoms with Crippen LogP contribution in [0.25, 0.3) is 0 Å². The Morgan fingerprint density at radius 2 is 2.00 bits per heavy atom. The maximum absolute atomic E-state index is 12.5. The van der Waals surface area contributed by atoms with Crippen LogP contribution in [0.5, 0.6) is 0 Å². The SMILES string of the molecule is CC(=O)N1CCc2c(cncc2C(=O)NCc2ccc(Cl)cc2)C1. The van der Waals surface area contributed by atoms with Gasteiger partial charge in [0.15, 0.2) is 0 Å². The smallest absolute Gasteiger partial charge is 0.253 e. The molecule has 0 aliphatic carbocycles. The van der Waals surface area contributed by atoms with E-state index in [4.69, 9.17) is 11.6 Å². The lowest BCUT2D eigenvalue weighted by Crippen LogP contribution is -2.36. The summed E-state index contributed by atoms with van der Waals surface area (Å²) in [5.41, 5.74) is 3.49. The largest absolute Gasteiger partial charge is 0.348 e. The van der Waals surface area contributed by atoms with Gasteiger partial charge in [0.2, 0.25) is 5.91 Å². The minimum atomic E-state index is -0.148. The maximum Gasteiger partial charge on any atom is 0.253 e. The highest BCUT2D eigenvalue weighted by Gasteiger charge is 2.23. The first-order valence-electron chi connectivity index (χ1n) is 7.78. The third kappa shape index (κ3) is 3.57. The molecule has 5 nitrogen and oxygen atoms in total. The molecule has 24 heavy (non-hydrogen) atoms. The number of amides is 2. The minimum absolute atomic E-state index is 0.0400. The Morgan fingerprint density at radius 1 is 1.25 bits per heavy atom. The summed E-state index contributed by atoms with van der Waals surface area (Å²) in [5, 5.41) is 3.58. The van der Waals surface area contributed by atoms with Crippen molar-refractivity contribution in [1.29, 1.82) is 0 Å². The first kappa shape index (κ1) is 16.5. The van der Waals surface area contributed by atoms with Gasteiger partial charge in [-0.2, -0.15) is 0 Å². The van der Waals surface area contributed by atoms with E-state index in [1.165, 1.54) is 0 Å². The van der Waals surface area contributed by atoms with Gasteiger partial charge in [-0.25, -0.2) is 0 Å². The third-order valence-electron chi connectivity index (χ3n) is 4.20. The summed E-state index contributed by atoms with van der Waals surface area (Å²) in [7, 11) is 0. The van der Waals surface area contributed by atoms with Crippen LogP contribution < -0.4 is 5.32 Å². The Bertz CT molecular complexity index is 774. The van der Waals surface area contributed by atoms with E-state index in [1.54, 1.807) is 36.4 Å². The monoisotopic (exact) mass is 343 g/mol. The second-order valence-electron chi connectivity index (χ2n) is 5.82. The Labute approximate surface area is 145 Å². The van der Waals surface area contributed by atoms with Crippen molar-refractivity contribution in [2.45, 2.75) is 26.4 Å². The summed E-state index contributed by atoms with van der Waals surface area (Å²) in [6.45, 7) is 3.13. The van der Waals surface area contributed by atoms with Gasteiger partial charge in [-0.05, 0) is 35.2 Å². The van der Waals surface area contributed by atoms with Gasteiger partial charge in [-0.15, -0.1) is 0 Å². The molecule has 6 heteroatoms. The van der Waals surface area contributed by atoms with Crippen LogP contribution in [0.4, 0.5) is 0 Å². The van der Waals surface area contributed by atoms with Gasteiger partial charge in [0.25, 0.3) is 5.91 Å². The van der Waals surface area contributed by atoms with Crippen molar-refractivity contribution < 1.29 is 9.59 Å². The van der Waals surface area contributed by atoms with E-state index < -0.39 is 0 Å². The van der Waals surface area contributed by atoms with Gasteiger partial charge in [-0.3, -0.25) is 14.6 Å². The van der Waals surface area contributed by atoms with Crippen LogP contribution in [0.2, 0.25) is 5.02 Å². The molecule has 2 amide bonds. The average molecular weight is 344 g/mol. The predicted octanol–water partition coefficient (Wildman–Crippen LogP) is 2.57. The third-order valence-corrected chi connectivity index (χ3v) is 4.45. The topological polar surface area (TPSA) is 62.3 Å². The molecule has 2 heterocycles. The van der Waals surface area contributed by atoms with Crippen LogP contribution >= 0.6 is 11.6 Å². The summed E-state index contributed by atoms with van der Waals surface area (Å²) < 4.78 is 0. The zero-order valence-electron chi connectivity index (χ0n) is 13.4. The highest BCUT2D eigenvalue weighted by Crippen LogP contribution is 2.21. The second kappa shape index (κ2) is 7.01. The fourth-order valence-corrected chi connectivity index (χ4v) is 2.96. The minimum Gasteiger partial charge on any atom is -0.348 e. The van der Waals surface area contributed by atoms with Gasteiger partial charge in [0, 0.05) is 44.0 Å². The number of fused-ring (bicyclic) bond motifs is 1. The number of carbonyl (C=O) groups excluding carboxylic acids is 2. The van der Waals surface area contributed by atoms with Crippen LogP contribution in [0.3, 0.4) is 0 Å². The molecule has 3 rings (SSSR count).